The predicted octanol–water partition coefficient (Wildman–Crippen LogP) is 4.95. The Labute approximate surface area is 155 Å². The normalized spacial score (nSPS) is 18.3. The Hall–Kier alpha value is -2.99. The minimum absolute atomic E-state index is 0.127. The number of carbonyl (C=O) groups is 1. The van der Waals surface area contributed by atoms with E-state index in [2.05, 4.69) is 23.2 Å². The van der Waals surface area contributed by atoms with E-state index in [0.29, 0.717) is 0 Å². The molecular weight excluding hydrogens is 322 g/mol. The van der Waals surface area contributed by atoms with Crippen molar-refractivity contribution in [1.29, 1.82) is 0 Å². The summed E-state index contributed by atoms with van der Waals surface area (Å²) in [6.45, 7) is 5.57. The first-order valence-corrected chi connectivity index (χ1v) is 8.76. The van der Waals surface area contributed by atoms with Crippen LogP contribution in [0.5, 0.6) is 0 Å². The first-order chi connectivity index (χ1) is 12.4. The molecule has 0 aromatic heterocycles. The molecule has 1 N–H and O–H groups in total. The summed E-state index contributed by atoms with van der Waals surface area (Å²) in [4.78, 5) is 12.4. The lowest BCUT2D eigenvalue weighted by Gasteiger charge is -2.29. The average molecular weight is 345 g/mol. The molecule has 1 aliphatic rings. The molecule has 2 atom stereocenters. The van der Waals surface area contributed by atoms with E-state index in [0.717, 1.165) is 16.7 Å². The van der Waals surface area contributed by atoms with Crippen molar-refractivity contribution < 1.29 is 9.53 Å². The largest absolute Gasteiger partial charge is 0.444 e. The number of nitrogens with one attached hydrogen (secondary N) is 1. The Morgan fingerprint density at radius 1 is 1.04 bits per heavy atom. The molecular formula is C23H23NO2. The van der Waals surface area contributed by atoms with Gasteiger partial charge in [-0.2, -0.15) is 0 Å². The molecule has 1 amide bonds. The van der Waals surface area contributed by atoms with Gasteiger partial charge in [-0.05, 0) is 44.0 Å². The van der Waals surface area contributed by atoms with Gasteiger partial charge < -0.3 is 10.1 Å². The molecule has 0 bridgehead atoms. The van der Waals surface area contributed by atoms with Crippen LogP contribution in [-0.2, 0) is 4.74 Å². The van der Waals surface area contributed by atoms with Gasteiger partial charge in [0.1, 0.15) is 5.60 Å². The Morgan fingerprint density at radius 3 is 2.46 bits per heavy atom. The van der Waals surface area contributed by atoms with Gasteiger partial charge in [0.25, 0.3) is 0 Å². The van der Waals surface area contributed by atoms with Gasteiger partial charge in [0.2, 0.25) is 0 Å². The molecule has 0 fully saturated rings. The van der Waals surface area contributed by atoms with Crippen molar-refractivity contribution in [3.63, 3.8) is 0 Å². The Kier molecular flexibility index (Phi) is 5.14. The van der Waals surface area contributed by atoms with Gasteiger partial charge in [-0.15, -0.1) is 0 Å². The van der Waals surface area contributed by atoms with E-state index in [1.165, 1.54) is 0 Å². The number of hydrogen-bond donors (Lipinski definition) is 1. The van der Waals surface area contributed by atoms with Crippen LogP contribution in [0.25, 0.3) is 6.08 Å². The summed E-state index contributed by atoms with van der Waals surface area (Å²) in [5.74, 6) is 6.37. The van der Waals surface area contributed by atoms with Gasteiger partial charge >= 0.3 is 6.09 Å². The molecule has 0 saturated carbocycles. The molecule has 26 heavy (non-hydrogen) atoms. The maximum atomic E-state index is 12.4. The first-order valence-electron chi connectivity index (χ1n) is 8.76. The highest BCUT2D eigenvalue weighted by Gasteiger charge is 2.28. The number of amides is 1. The summed E-state index contributed by atoms with van der Waals surface area (Å²) in [5, 5.41) is 3.00. The highest BCUT2D eigenvalue weighted by atomic mass is 16.6. The second-order valence-corrected chi connectivity index (χ2v) is 7.27. The van der Waals surface area contributed by atoms with Crippen molar-refractivity contribution >= 4 is 12.2 Å². The Balaban J connectivity index is 1.88. The number of rotatable bonds is 1. The summed E-state index contributed by atoms with van der Waals surface area (Å²) in [6.07, 6.45) is 3.67. The van der Waals surface area contributed by atoms with Crippen molar-refractivity contribution in [2.45, 2.75) is 32.4 Å². The standard InChI is InChI=1S/C23H23NO2/c1-23(2,3)26-22(25)24-21-19(14-13-17-9-5-4-6-10-17)16-15-18-11-7-8-12-20(18)21/h4-12,15-16,19,21H,1-3H3,(H,24,25)/t19-,21-/m1/s1. The fraction of sp³-hybridized carbons (Fsp3) is 0.261. The molecule has 132 valence electrons. The van der Waals surface area contributed by atoms with Gasteiger partial charge in [-0.3, -0.25) is 0 Å². The third kappa shape index (κ3) is 4.55. The van der Waals surface area contributed by atoms with Crippen LogP contribution in [0, 0.1) is 17.8 Å². The molecule has 0 radical (unpaired) electrons. The second-order valence-electron chi connectivity index (χ2n) is 7.27. The van der Waals surface area contributed by atoms with E-state index in [4.69, 9.17) is 4.74 Å². The van der Waals surface area contributed by atoms with E-state index in [1.54, 1.807) is 0 Å². The van der Waals surface area contributed by atoms with Gasteiger partial charge in [0, 0.05) is 5.56 Å². The van der Waals surface area contributed by atoms with Crippen LogP contribution in [-0.4, -0.2) is 11.7 Å². The first kappa shape index (κ1) is 17.8. The van der Waals surface area contributed by atoms with Crippen molar-refractivity contribution in [3.8, 4) is 11.8 Å². The van der Waals surface area contributed by atoms with Gasteiger partial charge in [-0.1, -0.05) is 66.5 Å². The van der Waals surface area contributed by atoms with Gasteiger partial charge in [0.05, 0.1) is 12.0 Å². The van der Waals surface area contributed by atoms with Crippen LogP contribution < -0.4 is 5.32 Å². The lowest BCUT2D eigenvalue weighted by atomic mass is 9.85. The van der Waals surface area contributed by atoms with Crippen LogP contribution in [0.1, 0.15) is 43.5 Å². The molecule has 1 aliphatic carbocycles. The second kappa shape index (κ2) is 7.49. The average Bonchev–Trinajstić information content (AvgIpc) is 2.60. The van der Waals surface area contributed by atoms with E-state index in [-0.39, 0.29) is 12.0 Å². The fourth-order valence-corrected chi connectivity index (χ4v) is 2.88. The highest BCUT2D eigenvalue weighted by molar-refractivity contribution is 5.70. The molecule has 3 nitrogen and oxygen atoms in total. The van der Waals surface area contributed by atoms with Crippen molar-refractivity contribution in [3.05, 3.63) is 77.4 Å². The topological polar surface area (TPSA) is 38.3 Å². The third-order valence-electron chi connectivity index (χ3n) is 4.00. The Bertz CT molecular complexity index is 866. The SMILES string of the molecule is CC(C)(C)OC(=O)N[C@H]1c2ccccc2C=C[C@H]1C#Cc1ccccc1. The molecule has 2 aromatic carbocycles. The lowest BCUT2D eigenvalue weighted by molar-refractivity contribution is 0.0497. The van der Waals surface area contributed by atoms with Crippen molar-refractivity contribution in [1.82, 2.24) is 5.32 Å². The highest BCUT2D eigenvalue weighted by Crippen LogP contribution is 2.32. The summed E-state index contributed by atoms with van der Waals surface area (Å²) >= 11 is 0. The number of fused-ring (bicyclic) bond motifs is 1. The molecule has 0 aliphatic heterocycles. The Morgan fingerprint density at radius 2 is 1.73 bits per heavy atom. The van der Waals surface area contributed by atoms with E-state index >= 15 is 0 Å². The lowest BCUT2D eigenvalue weighted by Crippen LogP contribution is -2.38. The number of alkyl carbamates (subject to hydrolysis) is 1. The number of carbonyl (C=O) groups excluding carboxylic acids is 1. The van der Waals surface area contributed by atoms with Crippen LogP contribution in [0.3, 0.4) is 0 Å². The number of hydrogen-bond acceptors (Lipinski definition) is 2. The summed E-state index contributed by atoms with van der Waals surface area (Å²) < 4.78 is 5.44. The molecule has 3 heteroatoms. The van der Waals surface area contributed by atoms with Gasteiger partial charge in [-0.25, -0.2) is 4.79 Å². The van der Waals surface area contributed by atoms with E-state index < -0.39 is 11.7 Å². The third-order valence-corrected chi connectivity index (χ3v) is 4.00. The van der Waals surface area contributed by atoms with Crippen LogP contribution >= 0.6 is 0 Å². The van der Waals surface area contributed by atoms with Crippen molar-refractivity contribution in [2.75, 3.05) is 0 Å². The smallest absolute Gasteiger partial charge is 0.408 e. The van der Waals surface area contributed by atoms with Crippen LogP contribution in [0.15, 0.2) is 60.7 Å². The zero-order chi connectivity index (χ0) is 18.6. The quantitative estimate of drug-likeness (QED) is 0.743. The van der Waals surface area contributed by atoms with Crippen LogP contribution in [0.4, 0.5) is 4.79 Å². The summed E-state index contributed by atoms with van der Waals surface area (Å²) in [7, 11) is 0. The molecule has 0 heterocycles. The number of ether oxygens (including phenoxy) is 1. The maximum Gasteiger partial charge on any atom is 0.408 e. The minimum Gasteiger partial charge on any atom is -0.444 e. The van der Waals surface area contributed by atoms with E-state index in [9.17, 15) is 4.79 Å². The minimum atomic E-state index is -0.542. The molecule has 0 unspecified atom stereocenters. The monoisotopic (exact) mass is 345 g/mol. The maximum absolute atomic E-state index is 12.4. The fourth-order valence-electron chi connectivity index (χ4n) is 2.88. The predicted molar refractivity (Wildman–Crippen MR) is 104 cm³/mol. The van der Waals surface area contributed by atoms with Crippen molar-refractivity contribution in [2.24, 2.45) is 5.92 Å². The molecule has 3 rings (SSSR count). The molecule has 0 spiro atoms. The zero-order valence-corrected chi connectivity index (χ0v) is 15.3. The van der Waals surface area contributed by atoms with E-state index in [1.807, 2.05) is 81.4 Å². The summed E-state index contributed by atoms with van der Waals surface area (Å²) in [5.41, 5.74) is 2.55. The van der Waals surface area contributed by atoms with Crippen LogP contribution in [0.2, 0.25) is 0 Å². The zero-order valence-electron chi connectivity index (χ0n) is 15.3. The van der Waals surface area contributed by atoms with Gasteiger partial charge in [0.15, 0.2) is 0 Å². The number of benzene rings is 2. The summed E-state index contributed by atoms with van der Waals surface area (Å²) in [6, 6.07) is 17.6. The molecule has 2 aromatic rings. The molecule has 0 saturated heterocycles.